The number of benzene rings is 1. The Labute approximate surface area is 108 Å². The summed E-state index contributed by atoms with van der Waals surface area (Å²) in [6, 6.07) is 6.09. The molecule has 3 nitrogen and oxygen atoms in total. The van der Waals surface area contributed by atoms with E-state index in [4.69, 9.17) is 5.73 Å². The molecule has 0 aliphatic carbocycles. The minimum Gasteiger partial charge on any atom is -0.337 e. The molecule has 0 saturated carbocycles. The number of hydrogen-bond acceptors (Lipinski definition) is 2. The molecule has 2 rings (SSSR count). The Hall–Kier alpha value is -1.06. The van der Waals surface area contributed by atoms with Gasteiger partial charge >= 0.3 is 0 Å². The minimum atomic E-state index is 0. The highest BCUT2D eigenvalue weighted by atomic mass is 35.5. The predicted octanol–water partition coefficient (Wildman–Crippen LogP) is 1.90. The van der Waals surface area contributed by atoms with Crippen molar-refractivity contribution in [2.45, 2.75) is 26.3 Å². The summed E-state index contributed by atoms with van der Waals surface area (Å²) in [5.74, 6) is 0.128. The predicted molar refractivity (Wildman–Crippen MR) is 71.7 cm³/mol. The summed E-state index contributed by atoms with van der Waals surface area (Å²) in [6.45, 7) is 5.44. The maximum Gasteiger partial charge on any atom is 0.254 e. The van der Waals surface area contributed by atoms with Crippen LogP contribution in [-0.4, -0.2) is 29.9 Å². The lowest BCUT2D eigenvalue weighted by atomic mass is 10.0. The van der Waals surface area contributed by atoms with E-state index in [2.05, 4.69) is 0 Å². The number of amides is 1. The fourth-order valence-electron chi connectivity index (χ4n) is 2.28. The summed E-state index contributed by atoms with van der Waals surface area (Å²) in [6.07, 6.45) is 0.913. The Morgan fingerprint density at radius 1 is 1.35 bits per heavy atom. The van der Waals surface area contributed by atoms with Crippen LogP contribution in [0.4, 0.5) is 0 Å². The normalized spacial score (nSPS) is 19.0. The van der Waals surface area contributed by atoms with Crippen LogP contribution in [0.1, 0.15) is 27.9 Å². The molecule has 0 unspecified atom stereocenters. The molecule has 1 atom stereocenters. The molecular weight excluding hydrogens is 236 g/mol. The third kappa shape index (κ3) is 2.79. The first-order chi connectivity index (χ1) is 7.59. The van der Waals surface area contributed by atoms with Crippen molar-refractivity contribution in [2.75, 3.05) is 13.1 Å². The average Bonchev–Trinajstić information content (AvgIpc) is 2.64. The van der Waals surface area contributed by atoms with Crippen molar-refractivity contribution >= 4 is 18.3 Å². The Morgan fingerprint density at radius 3 is 2.41 bits per heavy atom. The topological polar surface area (TPSA) is 46.3 Å². The van der Waals surface area contributed by atoms with Crippen molar-refractivity contribution in [3.05, 3.63) is 34.9 Å². The molecule has 0 bridgehead atoms. The van der Waals surface area contributed by atoms with Crippen LogP contribution >= 0.6 is 12.4 Å². The molecule has 0 spiro atoms. The largest absolute Gasteiger partial charge is 0.337 e. The number of nitrogens with two attached hydrogens (primary N) is 1. The maximum atomic E-state index is 12.3. The highest BCUT2D eigenvalue weighted by molar-refractivity contribution is 5.97. The van der Waals surface area contributed by atoms with E-state index >= 15 is 0 Å². The van der Waals surface area contributed by atoms with E-state index in [0.29, 0.717) is 6.54 Å². The molecule has 1 heterocycles. The minimum absolute atomic E-state index is 0. The van der Waals surface area contributed by atoms with Gasteiger partial charge in [-0.15, -0.1) is 12.4 Å². The first kappa shape index (κ1) is 14.0. The zero-order valence-electron chi connectivity index (χ0n) is 10.3. The molecule has 0 aromatic heterocycles. The van der Waals surface area contributed by atoms with Gasteiger partial charge in [0.05, 0.1) is 0 Å². The van der Waals surface area contributed by atoms with Crippen LogP contribution in [0, 0.1) is 13.8 Å². The third-order valence-electron chi connectivity index (χ3n) is 3.21. The molecule has 4 heteroatoms. The molecule has 1 amide bonds. The number of hydrogen-bond donors (Lipinski definition) is 1. The van der Waals surface area contributed by atoms with E-state index in [9.17, 15) is 4.79 Å². The second kappa shape index (κ2) is 5.52. The van der Waals surface area contributed by atoms with Gasteiger partial charge in [0.2, 0.25) is 0 Å². The zero-order valence-corrected chi connectivity index (χ0v) is 11.1. The van der Waals surface area contributed by atoms with Crippen molar-refractivity contribution in [2.24, 2.45) is 5.73 Å². The molecule has 17 heavy (non-hydrogen) atoms. The molecule has 1 aliphatic rings. The summed E-state index contributed by atoms with van der Waals surface area (Å²) in [4.78, 5) is 14.2. The van der Waals surface area contributed by atoms with Crippen molar-refractivity contribution in [1.82, 2.24) is 4.90 Å². The van der Waals surface area contributed by atoms with Gasteiger partial charge < -0.3 is 10.6 Å². The van der Waals surface area contributed by atoms with Crippen LogP contribution in [0.3, 0.4) is 0 Å². The lowest BCUT2D eigenvalue weighted by Crippen LogP contribution is -2.32. The van der Waals surface area contributed by atoms with Gasteiger partial charge in [-0.05, 0) is 31.4 Å². The Balaban J connectivity index is 0.00000144. The van der Waals surface area contributed by atoms with Gasteiger partial charge in [0.1, 0.15) is 0 Å². The van der Waals surface area contributed by atoms with Gasteiger partial charge in [-0.2, -0.15) is 0 Å². The SMILES string of the molecule is Cc1cccc(C)c1C(=O)N1CC[C@@H](N)C1.Cl. The van der Waals surface area contributed by atoms with Gasteiger partial charge in [-0.3, -0.25) is 4.79 Å². The number of aryl methyl sites for hydroxylation is 2. The standard InChI is InChI=1S/C13H18N2O.ClH/c1-9-4-3-5-10(2)12(9)13(16)15-7-6-11(14)8-15;/h3-5,11H,6-8,14H2,1-2H3;1H/t11-;/m1./s1. The Kier molecular flexibility index (Phi) is 4.54. The van der Waals surface area contributed by atoms with Gasteiger partial charge in [-0.1, -0.05) is 18.2 Å². The number of likely N-dealkylation sites (tertiary alicyclic amines) is 1. The van der Waals surface area contributed by atoms with Crippen molar-refractivity contribution < 1.29 is 4.79 Å². The molecule has 1 aliphatic heterocycles. The van der Waals surface area contributed by atoms with E-state index in [1.54, 1.807) is 0 Å². The summed E-state index contributed by atoms with van der Waals surface area (Å²) in [7, 11) is 0. The molecule has 94 valence electrons. The molecule has 0 radical (unpaired) electrons. The lowest BCUT2D eigenvalue weighted by Gasteiger charge is -2.18. The zero-order chi connectivity index (χ0) is 11.7. The van der Waals surface area contributed by atoms with E-state index < -0.39 is 0 Å². The molecule has 1 saturated heterocycles. The van der Waals surface area contributed by atoms with Gasteiger partial charge in [0.25, 0.3) is 5.91 Å². The highest BCUT2D eigenvalue weighted by Crippen LogP contribution is 2.18. The van der Waals surface area contributed by atoms with Crippen LogP contribution in [0.2, 0.25) is 0 Å². The van der Waals surface area contributed by atoms with E-state index in [0.717, 1.165) is 29.7 Å². The Morgan fingerprint density at radius 2 is 1.94 bits per heavy atom. The van der Waals surface area contributed by atoms with Crippen molar-refractivity contribution in [1.29, 1.82) is 0 Å². The summed E-state index contributed by atoms with van der Waals surface area (Å²) >= 11 is 0. The smallest absolute Gasteiger partial charge is 0.254 e. The fraction of sp³-hybridized carbons (Fsp3) is 0.462. The lowest BCUT2D eigenvalue weighted by molar-refractivity contribution is 0.0789. The number of halogens is 1. The Bertz CT molecular complexity index is 400. The molecule has 1 aromatic rings. The first-order valence-electron chi connectivity index (χ1n) is 5.70. The second-order valence-electron chi connectivity index (χ2n) is 4.57. The number of carbonyl (C=O) groups excluding carboxylic acids is 1. The van der Waals surface area contributed by atoms with Crippen molar-refractivity contribution in [3.8, 4) is 0 Å². The maximum absolute atomic E-state index is 12.3. The van der Waals surface area contributed by atoms with Crippen LogP contribution in [0.15, 0.2) is 18.2 Å². The molecular formula is C13H19ClN2O. The third-order valence-corrected chi connectivity index (χ3v) is 3.21. The van der Waals surface area contributed by atoms with Gasteiger partial charge in [0, 0.05) is 24.7 Å². The van der Waals surface area contributed by atoms with Gasteiger partial charge in [-0.25, -0.2) is 0 Å². The number of nitrogens with zero attached hydrogens (tertiary/aromatic N) is 1. The fourth-order valence-corrected chi connectivity index (χ4v) is 2.28. The van der Waals surface area contributed by atoms with Crippen LogP contribution in [0.25, 0.3) is 0 Å². The molecule has 1 fully saturated rings. The summed E-state index contributed by atoms with van der Waals surface area (Å²) < 4.78 is 0. The van der Waals surface area contributed by atoms with E-state index in [-0.39, 0.29) is 24.4 Å². The van der Waals surface area contributed by atoms with Crippen LogP contribution < -0.4 is 5.73 Å². The molecule has 2 N–H and O–H groups in total. The van der Waals surface area contributed by atoms with Crippen LogP contribution in [0.5, 0.6) is 0 Å². The average molecular weight is 255 g/mol. The summed E-state index contributed by atoms with van der Waals surface area (Å²) in [5, 5.41) is 0. The number of rotatable bonds is 1. The van der Waals surface area contributed by atoms with E-state index in [1.165, 1.54) is 0 Å². The van der Waals surface area contributed by atoms with E-state index in [1.807, 2.05) is 36.9 Å². The highest BCUT2D eigenvalue weighted by Gasteiger charge is 2.26. The quantitative estimate of drug-likeness (QED) is 0.832. The monoisotopic (exact) mass is 254 g/mol. The van der Waals surface area contributed by atoms with Crippen molar-refractivity contribution in [3.63, 3.8) is 0 Å². The second-order valence-corrected chi connectivity index (χ2v) is 4.57. The summed E-state index contributed by atoms with van der Waals surface area (Å²) in [5.41, 5.74) is 8.76. The number of carbonyl (C=O) groups is 1. The van der Waals surface area contributed by atoms with Gasteiger partial charge in [0.15, 0.2) is 0 Å². The van der Waals surface area contributed by atoms with Crippen LogP contribution in [-0.2, 0) is 0 Å². The molecule has 1 aromatic carbocycles. The first-order valence-corrected chi connectivity index (χ1v) is 5.70.